The highest BCUT2D eigenvalue weighted by Gasteiger charge is 2.30. The number of carbonyl (C=O) groups excluding carboxylic acids is 1. The summed E-state index contributed by atoms with van der Waals surface area (Å²) >= 11 is 13.9. The van der Waals surface area contributed by atoms with Crippen molar-refractivity contribution in [2.24, 2.45) is 0 Å². The van der Waals surface area contributed by atoms with Crippen molar-refractivity contribution in [2.75, 3.05) is 17.8 Å². The average molecular weight is 425 g/mol. The third-order valence-electron chi connectivity index (χ3n) is 4.24. The first-order valence-electron chi connectivity index (χ1n) is 8.05. The summed E-state index contributed by atoms with van der Waals surface area (Å²) < 4.78 is 26.2. The van der Waals surface area contributed by atoms with Crippen LogP contribution < -0.4 is 10.0 Å². The number of amides is 1. The quantitative estimate of drug-likeness (QED) is 0.671. The number of carbonyl (C=O) groups is 1. The second kappa shape index (κ2) is 8.95. The molecular weight excluding hydrogens is 403 g/mol. The molecule has 0 aliphatic heterocycles. The molecule has 0 fully saturated rings. The Morgan fingerprint density at radius 1 is 1.40 bits per heavy atom. The molecule has 2 unspecified atom stereocenters. The van der Waals surface area contributed by atoms with E-state index in [4.69, 9.17) is 23.2 Å². The molecule has 0 saturated heterocycles. The van der Waals surface area contributed by atoms with E-state index in [1.165, 1.54) is 0 Å². The van der Waals surface area contributed by atoms with Crippen molar-refractivity contribution in [3.8, 4) is 0 Å². The predicted molar refractivity (Wildman–Crippen MR) is 105 cm³/mol. The van der Waals surface area contributed by atoms with Gasteiger partial charge in [-0.2, -0.15) is 11.8 Å². The van der Waals surface area contributed by atoms with Gasteiger partial charge in [-0.3, -0.25) is 4.79 Å². The van der Waals surface area contributed by atoms with Crippen LogP contribution in [-0.4, -0.2) is 38.1 Å². The van der Waals surface area contributed by atoms with Crippen LogP contribution in [0.15, 0.2) is 12.1 Å². The summed E-state index contributed by atoms with van der Waals surface area (Å²) in [5.74, 6) is 0.318. The van der Waals surface area contributed by atoms with Crippen LogP contribution in [-0.2, 0) is 21.2 Å². The standard InChI is InChI=1S/C16H22Cl2N2O3S2/c1-3-25(22,23)20-14(8-9-24-2)16(21)19-13-7-5-11-10(13)4-6-12(17)15(11)18/h4,6,13-14,20H,3,5,7-9H2,1-2H3,(H,19,21). The average Bonchev–Trinajstić information content (AvgIpc) is 2.98. The zero-order valence-electron chi connectivity index (χ0n) is 14.1. The Morgan fingerprint density at radius 3 is 2.76 bits per heavy atom. The highest BCUT2D eigenvalue weighted by atomic mass is 35.5. The van der Waals surface area contributed by atoms with E-state index in [0.29, 0.717) is 22.2 Å². The van der Waals surface area contributed by atoms with Gasteiger partial charge in [-0.15, -0.1) is 0 Å². The molecule has 2 atom stereocenters. The molecule has 5 nitrogen and oxygen atoms in total. The molecule has 1 aliphatic rings. The first kappa shape index (κ1) is 20.8. The fraction of sp³-hybridized carbons (Fsp3) is 0.562. The number of fused-ring (bicyclic) bond motifs is 1. The van der Waals surface area contributed by atoms with Crippen molar-refractivity contribution in [3.63, 3.8) is 0 Å². The molecule has 9 heteroatoms. The molecule has 0 spiro atoms. The first-order chi connectivity index (χ1) is 11.8. The molecule has 0 radical (unpaired) electrons. The molecular formula is C16H22Cl2N2O3S2. The Kier molecular flexibility index (Phi) is 7.46. The molecule has 140 valence electrons. The monoisotopic (exact) mass is 424 g/mol. The molecule has 2 rings (SSSR count). The van der Waals surface area contributed by atoms with E-state index in [2.05, 4.69) is 10.0 Å². The van der Waals surface area contributed by atoms with Crippen LogP contribution in [0.1, 0.15) is 36.9 Å². The zero-order valence-corrected chi connectivity index (χ0v) is 17.3. The molecule has 25 heavy (non-hydrogen) atoms. The Morgan fingerprint density at radius 2 is 2.12 bits per heavy atom. The van der Waals surface area contributed by atoms with Crippen molar-refractivity contribution in [3.05, 3.63) is 33.3 Å². The Labute approximate surface area is 163 Å². The van der Waals surface area contributed by atoms with Gasteiger partial charge in [-0.25, -0.2) is 13.1 Å². The maximum absolute atomic E-state index is 12.7. The van der Waals surface area contributed by atoms with Crippen LogP contribution in [0, 0.1) is 0 Å². The second-order valence-electron chi connectivity index (χ2n) is 5.88. The van der Waals surface area contributed by atoms with E-state index in [0.717, 1.165) is 24.0 Å². The fourth-order valence-electron chi connectivity index (χ4n) is 2.83. The van der Waals surface area contributed by atoms with Crippen LogP contribution in [0.25, 0.3) is 0 Å². The van der Waals surface area contributed by atoms with Gasteiger partial charge in [0.2, 0.25) is 15.9 Å². The maximum atomic E-state index is 12.7. The molecule has 0 aromatic heterocycles. The molecule has 0 bridgehead atoms. The number of rotatable bonds is 8. The van der Waals surface area contributed by atoms with Gasteiger partial charge >= 0.3 is 0 Å². The largest absolute Gasteiger partial charge is 0.348 e. The summed E-state index contributed by atoms with van der Waals surface area (Å²) in [6.45, 7) is 1.55. The maximum Gasteiger partial charge on any atom is 0.238 e. The van der Waals surface area contributed by atoms with E-state index in [1.54, 1.807) is 24.8 Å². The van der Waals surface area contributed by atoms with Crippen LogP contribution >= 0.6 is 35.0 Å². The lowest BCUT2D eigenvalue weighted by Gasteiger charge is -2.21. The topological polar surface area (TPSA) is 75.3 Å². The minimum atomic E-state index is -3.46. The van der Waals surface area contributed by atoms with E-state index < -0.39 is 16.1 Å². The highest BCUT2D eigenvalue weighted by molar-refractivity contribution is 7.98. The summed E-state index contributed by atoms with van der Waals surface area (Å²) in [6, 6.07) is 2.64. The number of hydrogen-bond donors (Lipinski definition) is 2. The minimum absolute atomic E-state index is 0.0591. The number of sulfonamides is 1. The summed E-state index contributed by atoms with van der Waals surface area (Å²) in [4.78, 5) is 12.7. The number of thioether (sulfide) groups is 1. The number of nitrogens with one attached hydrogen (secondary N) is 2. The van der Waals surface area contributed by atoms with Crippen LogP contribution in [0.4, 0.5) is 0 Å². The molecule has 1 aromatic rings. The van der Waals surface area contributed by atoms with Gasteiger partial charge in [-0.1, -0.05) is 29.3 Å². The molecule has 0 heterocycles. The first-order valence-corrected chi connectivity index (χ1v) is 11.8. The van der Waals surface area contributed by atoms with Crippen LogP contribution in [0.2, 0.25) is 10.0 Å². The predicted octanol–water partition coefficient (Wildman–Crippen LogP) is 3.16. The Balaban J connectivity index is 2.13. The summed E-state index contributed by atoms with van der Waals surface area (Å²) in [5.41, 5.74) is 1.90. The van der Waals surface area contributed by atoms with Gasteiger partial charge in [-0.05, 0) is 55.4 Å². The lowest BCUT2D eigenvalue weighted by molar-refractivity contribution is -0.123. The smallest absolute Gasteiger partial charge is 0.238 e. The van der Waals surface area contributed by atoms with Gasteiger partial charge in [0.05, 0.1) is 21.8 Å². The van der Waals surface area contributed by atoms with Crippen molar-refractivity contribution < 1.29 is 13.2 Å². The van der Waals surface area contributed by atoms with Crippen LogP contribution in [0.3, 0.4) is 0 Å². The zero-order chi connectivity index (χ0) is 18.6. The lowest BCUT2D eigenvalue weighted by atomic mass is 10.1. The molecule has 1 amide bonds. The van der Waals surface area contributed by atoms with E-state index in [1.807, 2.05) is 12.3 Å². The fourth-order valence-corrected chi connectivity index (χ4v) is 4.57. The van der Waals surface area contributed by atoms with Crippen molar-refractivity contribution in [2.45, 2.75) is 38.3 Å². The van der Waals surface area contributed by atoms with Gasteiger partial charge in [0.15, 0.2) is 0 Å². The van der Waals surface area contributed by atoms with Crippen LogP contribution in [0.5, 0.6) is 0 Å². The Hall–Kier alpha value is -0.470. The Bertz CT molecular complexity index is 741. The van der Waals surface area contributed by atoms with Gasteiger partial charge in [0.1, 0.15) is 6.04 Å². The minimum Gasteiger partial charge on any atom is -0.348 e. The van der Waals surface area contributed by atoms with Crippen molar-refractivity contribution in [1.82, 2.24) is 10.0 Å². The third-order valence-corrected chi connectivity index (χ3v) is 7.13. The number of hydrogen-bond acceptors (Lipinski definition) is 4. The SMILES string of the molecule is CCS(=O)(=O)NC(CCSC)C(=O)NC1CCc2c1ccc(Cl)c2Cl. The number of halogens is 2. The van der Waals surface area contributed by atoms with E-state index in [-0.39, 0.29) is 17.7 Å². The van der Waals surface area contributed by atoms with Gasteiger partial charge in [0.25, 0.3) is 0 Å². The summed E-state index contributed by atoms with van der Waals surface area (Å²) in [6.07, 6.45) is 3.81. The summed E-state index contributed by atoms with van der Waals surface area (Å²) in [5, 5.41) is 3.99. The van der Waals surface area contributed by atoms with Gasteiger partial charge in [0, 0.05) is 0 Å². The molecule has 0 saturated carbocycles. The molecule has 1 aromatic carbocycles. The van der Waals surface area contributed by atoms with Crippen molar-refractivity contribution in [1.29, 1.82) is 0 Å². The molecule has 2 N–H and O–H groups in total. The lowest BCUT2D eigenvalue weighted by Crippen LogP contribution is -2.48. The van der Waals surface area contributed by atoms with E-state index in [9.17, 15) is 13.2 Å². The normalized spacial score (nSPS) is 18.0. The van der Waals surface area contributed by atoms with Crippen molar-refractivity contribution >= 4 is 50.9 Å². The third kappa shape index (κ3) is 5.26. The van der Waals surface area contributed by atoms with E-state index >= 15 is 0 Å². The van der Waals surface area contributed by atoms with Gasteiger partial charge < -0.3 is 5.32 Å². The highest BCUT2D eigenvalue weighted by Crippen LogP contribution is 2.39. The molecule has 1 aliphatic carbocycles. The second-order valence-corrected chi connectivity index (χ2v) is 9.70. The number of benzene rings is 1. The summed E-state index contributed by atoms with van der Waals surface area (Å²) in [7, 11) is -3.46.